The molecular weight excluding hydrogens is 224 g/mol. The lowest BCUT2D eigenvalue weighted by Gasteiger charge is -2.26. The van der Waals surface area contributed by atoms with Gasteiger partial charge in [-0.3, -0.25) is 4.90 Å². The summed E-state index contributed by atoms with van der Waals surface area (Å²) in [5.41, 5.74) is 1.14. The molecule has 1 fully saturated rings. The molecule has 0 atom stereocenters. The van der Waals surface area contributed by atoms with Crippen molar-refractivity contribution in [3.8, 4) is 5.75 Å². The second-order valence-electron chi connectivity index (χ2n) is 5.41. The second-order valence-corrected chi connectivity index (χ2v) is 5.41. The van der Waals surface area contributed by atoms with Gasteiger partial charge in [-0.05, 0) is 44.4 Å². The SMILES string of the molecule is CC(C)N(CCNCc1cccc(O)c1)C1CC1. The summed E-state index contributed by atoms with van der Waals surface area (Å²) >= 11 is 0. The Balaban J connectivity index is 1.69. The minimum Gasteiger partial charge on any atom is -0.508 e. The Morgan fingerprint density at radius 2 is 2.17 bits per heavy atom. The van der Waals surface area contributed by atoms with Gasteiger partial charge in [0.05, 0.1) is 0 Å². The van der Waals surface area contributed by atoms with Crippen LogP contribution in [0.25, 0.3) is 0 Å². The van der Waals surface area contributed by atoms with Crippen LogP contribution in [0.5, 0.6) is 5.75 Å². The number of aromatic hydroxyl groups is 1. The summed E-state index contributed by atoms with van der Waals surface area (Å²) in [6.45, 7) is 7.48. The van der Waals surface area contributed by atoms with Crippen LogP contribution < -0.4 is 5.32 Å². The van der Waals surface area contributed by atoms with Crippen molar-refractivity contribution in [3.05, 3.63) is 29.8 Å². The average Bonchev–Trinajstić information content (AvgIpc) is 3.12. The summed E-state index contributed by atoms with van der Waals surface area (Å²) in [5.74, 6) is 0.344. The van der Waals surface area contributed by atoms with Gasteiger partial charge < -0.3 is 10.4 Å². The third-order valence-corrected chi connectivity index (χ3v) is 3.47. The molecule has 0 bridgehead atoms. The van der Waals surface area contributed by atoms with Gasteiger partial charge in [0.2, 0.25) is 0 Å². The van der Waals surface area contributed by atoms with E-state index in [1.54, 1.807) is 6.07 Å². The average molecular weight is 248 g/mol. The molecule has 0 radical (unpaired) electrons. The Labute approximate surface area is 110 Å². The summed E-state index contributed by atoms with van der Waals surface area (Å²) in [6, 6.07) is 8.91. The van der Waals surface area contributed by atoms with Crippen LogP contribution in [0.1, 0.15) is 32.3 Å². The van der Waals surface area contributed by atoms with Gasteiger partial charge in [0.15, 0.2) is 0 Å². The highest BCUT2D eigenvalue weighted by atomic mass is 16.3. The van der Waals surface area contributed by atoms with E-state index < -0.39 is 0 Å². The number of hydrogen-bond acceptors (Lipinski definition) is 3. The third-order valence-electron chi connectivity index (χ3n) is 3.47. The second kappa shape index (κ2) is 6.21. The predicted molar refractivity (Wildman–Crippen MR) is 74.7 cm³/mol. The number of rotatable bonds is 7. The van der Waals surface area contributed by atoms with Crippen LogP contribution in [0, 0.1) is 0 Å². The first kappa shape index (κ1) is 13.4. The summed E-state index contributed by atoms with van der Waals surface area (Å²) in [6.07, 6.45) is 2.73. The molecule has 3 nitrogen and oxygen atoms in total. The Hall–Kier alpha value is -1.06. The van der Waals surface area contributed by atoms with E-state index in [0.29, 0.717) is 11.8 Å². The Morgan fingerprint density at radius 3 is 2.78 bits per heavy atom. The number of hydrogen-bond donors (Lipinski definition) is 2. The van der Waals surface area contributed by atoms with Crippen LogP contribution in [-0.4, -0.2) is 35.2 Å². The Morgan fingerprint density at radius 1 is 1.39 bits per heavy atom. The fourth-order valence-corrected chi connectivity index (χ4v) is 2.38. The highest BCUT2D eigenvalue weighted by Gasteiger charge is 2.29. The van der Waals surface area contributed by atoms with Crippen molar-refractivity contribution in [2.24, 2.45) is 0 Å². The molecule has 18 heavy (non-hydrogen) atoms. The van der Waals surface area contributed by atoms with Gasteiger partial charge in [-0.1, -0.05) is 12.1 Å². The minimum atomic E-state index is 0.344. The van der Waals surface area contributed by atoms with Crippen molar-refractivity contribution in [2.45, 2.75) is 45.3 Å². The molecular formula is C15H24N2O. The summed E-state index contributed by atoms with van der Waals surface area (Å²) in [7, 11) is 0. The molecule has 0 heterocycles. The van der Waals surface area contributed by atoms with Gasteiger partial charge >= 0.3 is 0 Å². The highest BCUT2D eigenvalue weighted by Crippen LogP contribution is 2.27. The Bertz CT molecular complexity index is 373. The molecule has 0 saturated heterocycles. The molecule has 0 amide bonds. The van der Waals surface area contributed by atoms with Gasteiger partial charge in [-0.15, -0.1) is 0 Å². The van der Waals surface area contributed by atoms with E-state index in [4.69, 9.17) is 0 Å². The van der Waals surface area contributed by atoms with Crippen LogP contribution in [0.2, 0.25) is 0 Å². The molecule has 0 aliphatic heterocycles. The maximum atomic E-state index is 9.38. The lowest BCUT2D eigenvalue weighted by atomic mass is 10.2. The zero-order chi connectivity index (χ0) is 13.0. The van der Waals surface area contributed by atoms with Gasteiger partial charge in [-0.25, -0.2) is 0 Å². The summed E-state index contributed by atoms with van der Waals surface area (Å²) in [4.78, 5) is 2.58. The van der Waals surface area contributed by atoms with E-state index in [1.165, 1.54) is 12.8 Å². The summed E-state index contributed by atoms with van der Waals surface area (Å²) in [5, 5.41) is 12.8. The van der Waals surface area contributed by atoms with Gasteiger partial charge in [-0.2, -0.15) is 0 Å². The monoisotopic (exact) mass is 248 g/mol. The zero-order valence-corrected chi connectivity index (χ0v) is 11.4. The number of nitrogens with zero attached hydrogens (tertiary/aromatic N) is 1. The number of nitrogens with one attached hydrogen (secondary N) is 1. The smallest absolute Gasteiger partial charge is 0.115 e. The standard InChI is InChI=1S/C15H24N2O/c1-12(2)17(14-6-7-14)9-8-16-11-13-4-3-5-15(18)10-13/h3-5,10,12,14,16,18H,6-9,11H2,1-2H3. The quantitative estimate of drug-likeness (QED) is 0.727. The largest absolute Gasteiger partial charge is 0.508 e. The van der Waals surface area contributed by atoms with Crippen LogP contribution in [0.15, 0.2) is 24.3 Å². The van der Waals surface area contributed by atoms with E-state index in [9.17, 15) is 5.11 Å². The number of benzene rings is 1. The van der Waals surface area contributed by atoms with E-state index >= 15 is 0 Å². The predicted octanol–water partition coefficient (Wildman–Crippen LogP) is 2.35. The molecule has 1 aliphatic carbocycles. The first-order chi connectivity index (χ1) is 8.66. The van der Waals surface area contributed by atoms with Crippen molar-refractivity contribution in [1.29, 1.82) is 0 Å². The fraction of sp³-hybridized carbons (Fsp3) is 0.600. The third kappa shape index (κ3) is 4.00. The minimum absolute atomic E-state index is 0.344. The van der Waals surface area contributed by atoms with Crippen LogP contribution in [0.4, 0.5) is 0 Å². The molecule has 1 aromatic rings. The van der Waals surface area contributed by atoms with Gasteiger partial charge in [0, 0.05) is 31.7 Å². The van der Waals surface area contributed by atoms with Crippen LogP contribution >= 0.6 is 0 Å². The van der Waals surface area contributed by atoms with E-state index in [2.05, 4.69) is 24.1 Å². The number of phenolic OH excluding ortho intramolecular Hbond substituents is 1. The van der Waals surface area contributed by atoms with E-state index in [-0.39, 0.29) is 0 Å². The zero-order valence-electron chi connectivity index (χ0n) is 11.4. The normalized spacial score (nSPS) is 15.6. The van der Waals surface area contributed by atoms with Crippen molar-refractivity contribution in [2.75, 3.05) is 13.1 Å². The molecule has 100 valence electrons. The molecule has 2 rings (SSSR count). The first-order valence-electron chi connectivity index (χ1n) is 6.91. The Kier molecular flexibility index (Phi) is 4.61. The van der Waals surface area contributed by atoms with Gasteiger partial charge in [0.25, 0.3) is 0 Å². The van der Waals surface area contributed by atoms with Gasteiger partial charge in [0.1, 0.15) is 5.75 Å². The topological polar surface area (TPSA) is 35.5 Å². The molecule has 0 unspecified atom stereocenters. The maximum Gasteiger partial charge on any atom is 0.115 e. The molecule has 0 spiro atoms. The summed E-state index contributed by atoms with van der Waals surface area (Å²) < 4.78 is 0. The van der Waals surface area contributed by atoms with Crippen molar-refractivity contribution >= 4 is 0 Å². The first-order valence-corrected chi connectivity index (χ1v) is 6.91. The molecule has 1 saturated carbocycles. The molecule has 2 N–H and O–H groups in total. The molecule has 1 aromatic carbocycles. The molecule has 0 aromatic heterocycles. The highest BCUT2D eigenvalue weighted by molar-refractivity contribution is 5.26. The van der Waals surface area contributed by atoms with Crippen LogP contribution in [-0.2, 0) is 6.54 Å². The van der Waals surface area contributed by atoms with E-state index in [1.807, 2.05) is 18.2 Å². The van der Waals surface area contributed by atoms with E-state index in [0.717, 1.165) is 31.2 Å². The molecule has 3 heteroatoms. The van der Waals surface area contributed by atoms with Crippen molar-refractivity contribution in [1.82, 2.24) is 10.2 Å². The van der Waals surface area contributed by atoms with Crippen LogP contribution in [0.3, 0.4) is 0 Å². The lowest BCUT2D eigenvalue weighted by Crippen LogP contribution is -2.38. The molecule has 1 aliphatic rings. The maximum absolute atomic E-state index is 9.38. The number of phenols is 1. The van der Waals surface area contributed by atoms with Crippen molar-refractivity contribution in [3.63, 3.8) is 0 Å². The van der Waals surface area contributed by atoms with Crippen molar-refractivity contribution < 1.29 is 5.11 Å². The fourth-order valence-electron chi connectivity index (χ4n) is 2.38. The lowest BCUT2D eigenvalue weighted by molar-refractivity contribution is 0.211.